The van der Waals surface area contributed by atoms with E-state index in [1.54, 1.807) is 138 Å². The fraction of sp³-hybridized carbons (Fsp3) is 0.184. The summed E-state index contributed by atoms with van der Waals surface area (Å²) in [5.41, 5.74) is 4.60. The minimum absolute atomic E-state index is 0.133. The maximum absolute atomic E-state index is 14.8. The van der Waals surface area contributed by atoms with Crippen molar-refractivity contribution in [3.8, 4) is 0 Å². The van der Waals surface area contributed by atoms with Crippen molar-refractivity contribution in [3.63, 3.8) is 0 Å². The molecule has 0 saturated carbocycles. The summed E-state index contributed by atoms with van der Waals surface area (Å²) in [5.74, 6) is 0. The Kier molecular flexibility index (Phi) is 11.7. The van der Waals surface area contributed by atoms with Crippen LogP contribution in [0.2, 0.25) is 0 Å². The van der Waals surface area contributed by atoms with Gasteiger partial charge in [-0.25, -0.2) is 33.9 Å². The molecule has 0 N–H and O–H groups in total. The van der Waals surface area contributed by atoms with E-state index < -0.39 is 41.7 Å². The van der Waals surface area contributed by atoms with Gasteiger partial charge in [-0.2, -0.15) is 4.31 Å². The molecule has 62 heavy (non-hydrogen) atoms. The van der Waals surface area contributed by atoms with E-state index in [4.69, 9.17) is 0 Å². The average molecular weight is 885 g/mol. The number of hydrogen-bond acceptors (Lipinski definition) is 7. The van der Waals surface area contributed by atoms with Gasteiger partial charge in [-0.05, 0) is 112 Å². The lowest BCUT2D eigenvalue weighted by Gasteiger charge is -2.37. The van der Waals surface area contributed by atoms with E-state index in [0.717, 1.165) is 27.9 Å². The number of para-hydroxylation sites is 3. The summed E-state index contributed by atoms with van der Waals surface area (Å²) in [6, 6.07) is 45.7. The van der Waals surface area contributed by atoms with Gasteiger partial charge in [-0.3, -0.25) is 0 Å². The summed E-state index contributed by atoms with van der Waals surface area (Å²) < 4.78 is 90.7. The Labute approximate surface area is 365 Å². The maximum Gasteiger partial charge on any atom is 0.268 e. The van der Waals surface area contributed by atoms with Crippen LogP contribution >= 0.6 is 0 Å². The van der Waals surface area contributed by atoms with E-state index in [-0.39, 0.29) is 27.8 Å². The molecule has 6 aromatic carbocycles. The van der Waals surface area contributed by atoms with E-state index in [1.807, 2.05) is 68.1 Å². The topological polar surface area (TPSA) is 115 Å². The van der Waals surface area contributed by atoms with E-state index >= 15 is 0 Å². The number of allylic oxidation sites excluding steroid dienone is 1. The summed E-state index contributed by atoms with van der Waals surface area (Å²) in [6.07, 6.45) is 6.67. The van der Waals surface area contributed by atoms with Crippen LogP contribution in [0.1, 0.15) is 35.1 Å². The molecule has 1 fully saturated rings. The van der Waals surface area contributed by atoms with Gasteiger partial charge in [0, 0.05) is 36.6 Å². The molecule has 0 radical (unpaired) electrons. The third-order valence-electron chi connectivity index (χ3n) is 11.7. The van der Waals surface area contributed by atoms with E-state index in [1.165, 1.54) is 14.8 Å². The molecule has 0 aromatic heterocycles. The molecule has 6 aromatic rings. The number of benzene rings is 6. The monoisotopic (exact) mass is 884 g/mol. The Morgan fingerprint density at radius 3 is 1.48 bits per heavy atom. The van der Waals surface area contributed by atoms with Crippen LogP contribution in [0.15, 0.2) is 197 Å². The van der Waals surface area contributed by atoms with Crippen LogP contribution in [-0.4, -0.2) is 48.8 Å². The highest BCUT2D eigenvalue weighted by Crippen LogP contribution is 2.55. The van der Waals surface area contributed by atoms with Crippen LogP contribution in [-0.2, 0) is 35.5 Å². The van der Waals surface area contributed by atoms with Gasteiger partial charge in [0.25, 0.3) is 20.0 Å². The van der Waals surface area contributed by atoms with Crippen molar-refractivity contribution in [1.29, 1.82) is 0 Å². The summed E-state index contributed by atoms with van der Waals surface area (Å²) in [5, 5.41) is 0. The van der Waals surface area contributed by atoms with Crippen molar-refractivity contribution in [1.82, 2.24) is 4.31 Å². The first-order valence-corrected chi connectivity index (χ1v) is 24.7. The second kappa shape index (κ2) is 17.1. The van der Waals surface area contributed by atoms with Gasteiger partial charge in [-0.15, -0.1) is 0 Å². The van der Waals surface area contributed by atoms with Gasteiger partial charge >= 0.3 is 0 Å². The van der Waals surface area contributed by atoms with E-state index in [9.17, 15) is 25.3 Å². The fourth-order valence-electron chi connectivity index (χ4n) is 8.48. The number of rotatable bonds is 14. The first kappa shape index (κ1) is 42.7. The third-order valence-corrected chi connectivity index (χ3v) is 17.0. The van der Waals surface area contributed by atoms with Crippen LogP contribution in [0.4, 0.5) is 17.1 Å². The van der Waals surface area contributed by atoms with Crippen molar-refractivity contribution >= 4 is 47.1 Å². The van der Waals surface area contributed by atoms with Gasteiger partial charge in [0.1, 0.15) is 6.17 Å². The molecule has 0 aliphatic carbocycles. The molecule has 0 spiro atoms. The van der Waals surface area contributed by atoms with Gasteiger partial charge in [0.15, 0.2) is 0 Å². The molecule has 318 valence electrons. The zero-order valence-corrected chi connectivity index (χ0v) is 37.1. The van der Waals surface area contributed by atoms with Crippen LogP contribution < -0.4 is 13.5 Å². The molecule has 0 unspecified atom stereocenters. The lowest BCUT2D eigenvalue weighted by atomic mass is 9.76. The van der Waals surface area contributed by atoms with Crippen LogP contribution in [0, 0.1) is 20.8 Å². The Hall–Kier alpha value is -5.99. The Morgan fingerprint density at radius 1 is 0.548 bits per heavy atom. The molecular formula is C49H48N4O6S3. The molecule has 2 aliphatic heterocycles. The SMILES string of the molecule is Cc1ccc(S(=O)(=O)N(/C=C\CN2c3ccccc3[C@]3(C/C=C/N(c4ccccc4)S(=O)(=O)c4ccc(C)cc4)CCN(S(=O)(=O)c4ccc(C)cc4)[C@H]23)c2ccccc2)cc1. The second-order valence-corrected chi connectivity index (χ2v) is 21.3. The summed E-state index contributed by atoms with van der Waals surface area (Å²) in [7, 11) is -12.2. The number of sulfonamides is 3. The van der Waals surface area contributed by atoms with Crippen LogP contribution in [0.5, 0.6) is 0 Å². The molecule has 10 nitrogen and oxygen atoms in total. The molecule has 2 heterocycles. The summed E-state index contributed by atoms with van der Waals surface area (Å²) in [6.45, 7) is 6.05. The Bertz CT molecular complexity index is 2950. The maximum atomic E-state index is 14.8. The number of hydrogen-bond donors (Lipinski definition) is 0. The van der Waals surface area contributed by atoms with Crippen LogP contribution in [0.3, 0.4) is 0 Å². The predicted molar refractivity (Wildman–Crippen MR) is 246 cm³/mol. The van der Waals surface area contributed by atoms with Crippen molar-refractivity contribution in [2.75, 3.05) is 26.6 Å². The largest absolute Gasteiger partial charge is 0.350 e. The Balaban J connectivity index is 1.21. The van der Waals surface area contributed by atoms with Crippen LogP contribution in [0.25, 0.3) is 0 Å². The molecule has 0 amide bonds. The smallest absolute Gasteiger partial charge is 0.268 e. The second-order valence-electron chi connectivity index (χ2n) is 15.8. The highest BCUT2D eigenvalue weighted by Gasteiger charge is 2.59. The lowest BCUT2D eigenvalue weighted by Crippen LogP contribution is -2.51. The molecule has 1 saturated heterocycles. The van der Waals surface area contributed by atoms with E-state index in [0.29, 0.717) is 24.2 Å². The van der Waals surface area contributed by atoms with Crippen molar-refractivity contribution in [2.24, 2.45) is 0 Å². The van der Waals surface area contributed by atoms with Gasteiger partial charge in [-0.1, -0.05) is 114 Å². The quantitative estimate of drug-likeness (QED) is 0.107. The minimum Gasteiger partial charge on any atom is -0.350 e. The standard InChI is InChI=1S/C49H48N4O6S3/c1-38-20-26-43(27-21-38)60(54,55)51(41-14-6-4-7-15-41)35-12-32-49-33-37-53(62(58,59)45-30-24-40(3)25-31-45)48(49)50(47-19-11-10-18-46(47)49)34-13-36-52(42-16-8-5-9-17-42)61(56,57)44-28-22-39(2)23-29-44/h4-31,35-36,48H,32-34,37H2,1-3H3/b35-12+,36-13-/t48-,49-/m0/s1. The van der Waals surface area contributed by atoms with Gasteiger partial charge < -0.3 is 4.90 Å². The summed E-state index contributed by atoms with van der Waals surface area (Å²) in [4.78, 5) is 2.47. The molecular weight excluding hydrogens is 837 g/mol. The minimum atomic E-state index is -4.06. The predicted octanol–water partition coefficient (Wildman–Crippen LogP) is 9.30. The van der Waals surface area contributed by atoms with Crippen molar-refractivity contribution < 1.29 is 25.3 Å². The highest BCUT2D eigenvalue weighted by molar-refractivity contribution is 7.93. The number of aryl methyl sites for hydroxylation is 3. The molecule has 2 aliphatic rings. The first-order chi connectivity index (χ1) is 29.7. The van der Waals surface area contributed by atoms with Crippen molar-refractivity contribution in [2.45, 2.75) is 59.9 Å². The number of fused-ring (bicyclic) bond motifs is 3. The van der Waals surface area contributed by atoms with Crippen molar-refractivity contribution in [3.05, 3.63) is 205 Å². The number of nitrogens with zero attached hydrogens (tertiary/aromatic N) is 4. The lowest BCUT2D eigenvalue weighted by molar-refractivity contribution is 0.309. The molecule has 13 heteroatoms. The molecule has 0 bridgehead atoms. The first-order valence-electron chi connectivity index (χ1n) is 20.3. The molecule has 2 atom stereocenters. The zero-order valence-electron chi connectivity index (χ0n) is 34.7. The van der Waals surface area contributed by atoms with E-state index in [2.05, 4.69) is 0 Å². The zero-order chi connectivity index (χ0) is 43.7. The highest BCUT2D eigenvalue weighted by atomic mass is 32.2. The number of anilines is 3. The van der Waals surface area contributed by atoms with Gasteiger partial charge in [0.05, 0.1) is 26.1 Å². The molecule has 8 rings (SSSR count). The Morgan fingerprint density at radius 2 is 0.984 bits per heavy atom. The third kappa shape index (κ3) is 7.97. The average Bonchev–Trinajstić information content (AvgIpc) is 3.78. The fourth-order valence-corrected chi connectivity index (χ4v) is 12.8. The summed E-state index contributed by atoms with van der Waals surface area (Å²) >= 11 is 0. The normalized spacial score (nSPS) is 18.0. The van der Waals surface area contributed by atoms with Gasteiger partial charge in [0.2, 0.25) is 10.0 Å².